The summed E-state index contributed by atoms with van der Waals surface area (Å²) >= 11 is 0. The fourth-order valence-corrected chi connectivity index (χ4v) is 4.18. The lowest BCUT2D eigenvalue weighted by Gasteiger charge is -2.34. The maximum absolute atomic E-state index is 2.37. The summed E-state index contributed by atoms with van der Waals surface area (Å²) in [7, 11) is 7.10. The highest BCUT2D eigenvalue weighted by Gasteiger charge is 2.21. The highest BCUT2D eigenvalue weighted by Crippen LogP contribution is 2.19. The van der Waals surface area contributed by atoms with Gasteiger partial charge in [-0.3, -0.25) is 0 Å². The zero-order chi connectivity index (χ0) is 19.5. The molecule has 2 heteroatoms. The lowest BCUT2D eigenvalue weighted by molar-refractivity contribution is -0.896. The molecule has 0 saturated carbocycles. The first kappa shape index (κ1) is 29.5. The minimum absolute atomic E-state index is 0. The smallest absolute Gasteiger partial charge is 0.0884 e. The molecule has 1 atom stereocenters. The number of halogens is 1. The third kappa shape index (κ3) is 20.8. The van der Waals surface area contributed by atoms with Gasteiger partial charge in [0.05, 0.1) is 27.2 Å². The second-order valence-electron chi connectivity index (χ2n) is 9.65. The summed E-state index contributed by atoms with van der Waals surface area (Å²) in [6.07, 6.45) is 27.6. The van der Waals surface area contributed by atoms with Gasteiger partial charge in [-0.1, -0.05) is 117 Å². The minimum Gasteiger partial charge on any atom is -1.00 e. The second kappa shape index (κ2) is 21.0. The summed E-state index contributed by atoms with van der Waals surface area (Å²) in [6, 6.07) is 0.867. The second-order valence-corrected chi connectivity index (χ2v) is 9.65. The molecule has 27 heavy (non-hydrogen) atoms. The highest BCUT2D eigenvalue weighted by atomic mass is 35.5. The molecule has 0 saturated heterocycles. The van der Waals surface area contributed by atoms with E-state index >= 15 is 0 Å². The van der Waals surface area contributed by atoms with Crippen LogP contribution in [-0.4, -0.2) is 31.7 Å². The third-order valence-corrected chi connectivity index (χ3v) is 6.11. The van der Waals surface area contributed by atoms with Gasteiger partial charge < -0.3 is 16.9 Å². The molecular weight excluding hydrogens is 350 g/mol. The molecule has 0 heterocycles. The molecule has 0 spiro atoms. The predicted molar refractivity (Wildman–Crippen MR) is 121 cm³/mol. The van der Waals surface area contributed by atoms with Crippen molar-refractivity contribution in [2.24, 2.45) is 0 Å². The van der Waals surface area contributed by atoms with Crippen LogP contribution in [0.2, 0.25) is 0 Å². The summed E-state index contributed by atoms with van der Waals surface area (Å²) in [4.78, 5) is 0. The van der Waals surface area contributed by atoms with Crippen LogP contribution in [0, 0.1) is 0 Å². The number of unbranched alkanes of at least 4 members (excludes halogenated alkanes) is 15. The van der Waals surface area contributed by atoms with Gasteiger partial charge >= 0.3 is 0 Å². The monoisotopic (exact) mass is 403 g/mol. The van der Waals surface area contributed by atoms with E-state index in [0.717, 1.165) is 10.5 Å². The van der Waals surface area contributed by atoms with E-state index in [9.17, 15) is 0 Å². The maximum atomic E-state index is 2.37. The average Bonchev–Trinajstić information content (AvgIpc) is 2.59. The predicted octanol–water partition coefficient (Wildman–Crippen LogP) is 5.52. The Morgan fingerprint density at radius 3 is 1.07 bits per heavy atom. The first-order valence-corrected chi connectivity index (χ1v) is 12.3. The van der Waals surface area contributed by atoms with Crippen LogP contribution < -0.4 is 12.4 Å². The van der Waals surface area contributed by atoms with E-state index < -0.39 is 0 Å². The van der Waals surface area contributed by atoms with Crippen molar-refractivity contribution in [2.45, 2.75) is 142 Å². The summed E-state index contributed by atoms with van der Waals surface area (Å²) in [5, 5.41) is 0. The molecule has 0 aliphatic carbocycles. The van der Waals surface area contributed by atoms with Crippen LogP contribution in [0.1, 0.15) is 136 Å². The molecule has 0 amide bonds. The standard InChI is InChI=1S/C25H54N.ClH/c1-6-8-9-10-11-12-13-14-15-16-17-18-19-20-21-22-24-25(23-7-2)26(3,4)5;/h25H,6-24H2,1-5H3;1H/q+1;/p-1. The van der Waals surface area contributed by atoms with Crippen LogP contribution in [0.4, 0.5) is 0 Å². The maximum Gasteiger partial charge on any atom is 0.0884 e. The summed E-state index contributed by atoms with van der Waals surface area (Å²) in [5.41, 5.74) is 0. The largest absolute Gasteiger partial charge is 1.00 e. The van der Waals surface area contributed by atoms with Crippen molar-refractivity contribution in [3.8, 4) is 0 Å². The van der Waals surface area contributed by atoms with Crippen LogP contribution in [0.3, 0.4) is 0 Å². The van der Waals surface area contributed by atoms with E-state index in [-0.39, 0.29) is 12.4 Å². The molecule has 0 rings (SSSR count). The van der Waals surface area contributed by atoms with Gasteiger partial charge in [0, 0.05) is 0 Å². The van der Waals surface area contributed by atoms with Crippen molar-refractivity contribution in [1.29, 1.82) is 0 Å². The number of nitrogens with zero attached hydrogens (tertiary/aromatic N) is 1. The Morgan fingerprint density at radius 1 is 0.444 bits per heavy atom. The number of rotatable bonds is 20. The molecule has 0 aliphatic rings. The van der Waals surface area contributed by atoms with Crippen LogP contribution in [0.15, 0.2) is 0 Å². The quantitative estimate of drug-likeness (QED) is 0.185. The number of quaternary nitrogens is 1. The Labute approximate surface area is 180 Å². The molecule has 0 bridgehead atoms. The van der Waals surface area contributed by atoms with Gasteiger partial charge in [0.1, 0.15) is 0 Å². The molecule has 0 aromatic carbocycles. The molecule has 0 aliphatic heterocycles. The van der Waals surface area contributed by atoms with Gasteiger partial charge in [0.2, 0.25) is 0 Å². The SMILES string of the molecule is CCCCCCCCCCCCCCCCCCC(CCC)[N+](C)(C)C.[Cl-]. The van der Waals surface area contributed by atoms with Gasteiger partial charge in [-0.05, 0) is 19.3 Å². The molecule has 0 radical (unpaired) electrons. The van der Waals surface area contributed by atoms with Crippen molar-refractivity contribution >= 4 is 0 Å². The van der Waals surface area contributed by atoms with E-state index in [0.29, 0.717) is 0 Å². The van der Waals surface area contributed by atoms with E-state index in [1.807, 2.05) is 0 Å². The van der Waals surface area contributed by atoms with Crippen LogP contribution in [-0.2, 0) is 0 Å². The normalized spacial score (nSPS) is 12.8. The van der Waals surface area contributed by atoms with Crippen LogP contribution >= 0.6 is 0 Å². The van der Waals surface area contributed by atoms with E-state index in [1.165, 1.54) is 122 Å². The topological polar surface area (TPSA) is 0 Å². The van der Waals surface area contributed by atoms with Gasteiger partial charge in [0.15, 0.2) is 0 Å². The summed E-state index contributed by atoms with van der Waals surface area (Å²) < 4.78 is 1.15. The van der Waals surface area contributed by atoms with Crippen molar-refractivity contribution < 1.29 is 16.9 Å². The van der Waals surface area contributed by atoms with Crippen LogP contribution in [0.25, 0.3) is 0 Å². The molecular formula is C25H54ClN. The van der Waals surface area contributed by atoms with Crippen molar-refractivity contribution in [2.75, 3.05) is 21.1 Å². The average molecular weight is 404 g/mol. The third-order valence-electron chi connectivity index (χ3n) is 6.11. The first-order valence-electron chi connectivity index (χ1n) is 12.3. The minimum atomic E-state index is 0. The van der Waals surface area contributed by atoms with Crippen LogP contribution in [0.5, 0.6) is 0 Å². The molecule has 0 aromatic heterocycles. The Balaban J connectivity index is 0. The first-order chi connectivity index (χ1) is 12.5. The Morgan fingerprint density at radius 2 is 0.778 bits per heavy atom. The molecule has 0 aromatic rings. The summed E-state index contributed by atoms with van der Waals surface area (Å²) in [6.45, 7) is 4.63. The van der Waals surface area contributed by atoms with E-state index in [2.05, 4.69) is 35.0 Å². The highest BCUT2D eigenvalue weighted by molar-refractivity contribution is 4.58. The zero-order valence-corrected chi connectivity index (χ0v) is 20.6. The van der Waals surface area contributed by atoms with Gasteiger partial charge in [-0.15, -0.1) is 0 Å². The Kier molecular flexibility index (Phi) is 22.9. The van der Waals surface area contributed by atoms with Crippen molar-refractivity contribution in [3.63, 3.8) is 0 Å². The molecule has 166 valence electrons. The van der Waals surface area contributed by atoms with Gasteiger partial charge in [-0.25, -0.2) is 0 Å². The van der Waals surface area contributed by atoms with E-state index in [1.54, 1.807) is 0 Å². The van der Waals surface area contributed by atoms with E-state index in [4.69, 9.17) is 0 Å². The summed E-state index contributed by atoms with van der Waals surface area (Å²) in [5.74, 6) is 0. The Hall–Kier alpha value is 0.250. The molecule has 0 fully saturated rings. The fourth-order valence-electron chi connectivity index (χ4n) is 4.18. The van der Waals surface area contributed by atoms with Gasteiger partial charge in [0.25, 0.3) is 0 Å². The lowest BCUT2D eigenvalue weighted by atomic mass is 10.00. The molecule has 1 unspecified atom stereocenters. The number of hydrogen-bond donors (Lipinski definition) is 0. The van der Waals surface area contributed by atoms with Gasteiger partial charge in [-0.2, -0.15) is 0 Å². The Bertz CT molecular complexity index is 272. The fraction of sp³-hybridized carbons (Fsp3) is 1.00. The number of hydrogen-bond acceptors (Lipinski definition) is 0. The van der Waals surface area contributed by atoms with Crippen molar-refractivity contribution in [1.82, 2.24) is 0 Å². The lowest BCUT2D eigenvalue weighted by Crippen LogP contribution is -3.00. The molecule has 1 nitrogen and oxygen atoms in total. The van der Waals surface area contributed by atoms with Crippen molar-refractivity contribution in [3.05, 3.63) is 0 Å². The molecule has 0 N–H and O–H groups in total. The zero-order valence-electron chi connectivity index (χ0n) is 19.8.